The maximum atomic E-state index is 12.6. The average molecular weight is 1470 g/mol. The number of ketones is 3. The van der Waals surface area contributed by atoms with Crippen LogP contribution in [0.15, 0.2) is 188 Å². The second kappa shape index (κ2) is 48.9. The minimum Gasteiger partial charge on any atom is -0.494 e. The molecule has 0 saturated heterocycles. The normalized spacial score (nSPS) is 14.0. The third-order valence-electron chi connectivity index (χ3n) is 18.5. The minimum atomic E-state index is -3.19. The number of Topliss-reactive ketones (excluding diaryl/α,β-unsaturated/α-hetero) is 3. The maximum Gasteiger partial charge on any atom is 0.156 e. The summed E-state index contributed by atoms with van der Waals surface area (Å²) in [6.07, 6.45) is 26.3. The molecule has 0 aliphatic heterocycles. The Morgan fingerprint density at radius 1 is 0.396 bits per heavy atom. The van der Waals surface area contributed by atoms with Crippen LogP contribution in [0.25, 0.3) is 6.08 Å². The van der Waals surface area contributed by atoms with Gasteiger partial charge >= 0.3 is 0 Å². The van der Waals surface area contributed by atoms with Crippen LogP contribution in [0, 0.1) is 49.7 Å². The molecule has 0 spiro atoms. The van der Waals surface area contributed by atoms with E-state index in [1.165, 1.54) is 81.8 Å². The van der Waals surface area contributed by atoms with Gasteiger partial charge in [0.1, 0.15) is 28.8 Å². The lowest BCUT2D eigenvalue weighted by Gasteiger charge is -2.27. The van der Waals surface area contributed by atoms with Crippen LogP contribution in [-0.4, -0.2) is 49.5 Å². The van der Waals surface area contributed by atoms with Crippen molar-refractivity contribution in [2.24, 2.45) is 49.7 Å². The Balaban J connectivity index is 0.000000614. The molecule has 8 heteroatoms. The van der Waals surface area contributed by atoms with E-state index < -0.39 is 14.6 Å². The van der Waals surface area contributed by atoms with Gasteiger partial charge in [0, 0.05) is 34.0 Å². The van der Waals surface area contributed by atoms with Crippen molar-refractivity contribution in [3.8, 4) is 11.5 Å². The van der Waals surface area contributed by atoms with Crippen LogP contribution in [0.1, 0.15) is 310 Å². The second-order valence-corrected chi connectivity index (χ2v) is 40.9. The predicted molar refractivity (Wildman–Crippen MR) is 460 cm³/mol. The molecular weight excluding hydrogens is 1320 g/mol. The van der Waals surface area contributed by atoms with Gasteiger partial charge in [0.25, 0.3) is 0 Å². The first kappa shape index (κ1) is 97.6. The van der Waals surface area contributed by atoms with Crippen LogP contribution >= 0.6 is 0 Å². The predicted octanol–water partition coefficient (Wildman–Crippen LogP) is 28.0. The molecule has 6 aromatic rings. The Morgan fingerprint density at radius 2 is 0.717 bits per heavy atom. The van der Waals surface area contributed by atoms with E-state index in [0.717, 1.165) is 80.8 Å². The van der Waals surface area contributed by atoms with Crippen molar-refractivity contribution in [1.29, 1.82) is 0 Å². The molecule has 2 aliphatic carbocycles. The van der Waals surface area contributed by atoms with E-state index in [2.05, 4.69) is 150 Å². The zero-order valence-corrected chi connectivity index (χ0v) is 72.6. The van der Waals surface area contributed by atoms with Crippen molar-refractivity contribution in [3.63, 3.8) is 0 Å². The quantitative estimate of drug-likeness (QED) is 0.0624. The number of rotatable bonds is 18. The Bertz CT molecular complexity index is 3260. The number of ether oxygens (including phenoxy) is 2. The molecule has 0 amide bonds. The van der Waals surface area contributed by atoms with Crippen molar-refractivity contribution in [2.45, 2.75) is 299 Å². The number of aryl methyl sites for hydroxylation is 1. The highest BCUT2D eigenvalue weighted by Crippen LogP contribution is 2.34. The number of carbonyl (C=O) groups excluding carboxylic acids is 3. The highest BCUT2D eigenvalue weighted by Gasteiger charge is 2.34. The zero-order chi connectivity index (χ0) is 80.3. The van der Waals surface area contributed by atoms with E-state index >= 15 is 0 Å². The molecular formula is C98H152O7S. The minimum absolute atomic E-state index is 0.123. The monoisotopic (exact) mass is 1470 g/mol. The molecule has 0 radical (unpaired) electrons. The largest absolute Gasteiger partial charge is 0.494 e. The van der Waals surface area contributed by atoms with E-state index in [4.69, 9.17) is 9.47 Å². The van der Waals surface area contributed by atoms with Crippen molar-refractivity contribution < 1.29 is 32.3 Å². The van der Waals surface area contributed by atoms with Crippen molar-refractivity contribution in [1.82, 2.24) is 0 Å². The molecule has 7 nitrogen and oxygen atoms in total. The summed E-state index contributed by atoms with van der Waals surface area (Å²) in [6, 6.07) is 60.8. The summed E-state index contributed by atoms with van der Waals surface area (Å²) in [5.41, 5.74) is 6.08. The Kier molecular flexibility index (Phi) is 45.0. The number of allylic oxidation sites excluding steroid dienone is 1. The van der Waals surface area contributed by atoms with Gasteiger partial charge in [0.15, 0.2) is 9.84 Å². The van der Waals surface area contributed by atoms with Crippen molar-refractivity contribution in [3.05, 3.63) is 210 Å². The molecule has 2 fully saturated rings. The summed E-state index contributed by atoms with van der Waals surface area (Å²) in [4.78, 5) is 34.3. The van der Waals surface area contributed by atoms with E-state index in [1.54, 1.807) is 27.7 Å². The lowest BCUT2D eigenvalue weighted by molar-refractivity contribution is -0.131. The number of hydrogen-bond acceptors (Lipinski definition) is 7. The first-order valence-corrected chi connectivity index (χ1v) is 41.8. The van der Waals surface area contributed by atoms with Gasteiger partial charge in [0.05, 0.1) is 23.7 Å². The summed E-state index contributed by atoms with van der Waals surface area (Å²) in [6.45, 7) is 53.6. The topological polar surface area (TPSA) is 104 Å². The first-order valence-electron chi connectivity index (χ1n) is 40.1. The van der Waals surface area contributed by atoms with Crippen LogP contribution in [0.4, 0.5) is 0 Å². The van der Waals surface area contributed by atoms with Crippen molar-refractivity contribution >= 4 is 33.3 Å². The Hall–Kier alpha value is -6.38. The smallest absolute Gasteiger partial charge is 0.156 e. The molecule has 6 aromatic carbocycles. The second-order valence-electron chi connectivity index (χ2n) is 38.1. The first-order chi connectivity index (χ1) is 49.1. The molecule has 106 heavy (non-hydrogen) atoms. The molecule has 592 valence electrons. The molecule has 8 rings (SSSR count). The fourth-order valence-electron chi connectivity index (χ4n) is 11.2. The van der Waals surface area contributed by atoms with Crippen LogP contribution in [0.3, 0.4) is 0 Å². The van der Waals surface area contributed by atoms with Crippen LogP contribution in [0.2, 0.25) is 0 Å². The lowest BCUT2D eigenvalue weighted by Crippen LogP contribution is -2.33. The Labute approximate surface area is 651 Å². The van der Waals surface area contributed by atoms with Gasteiger partial charge < -0.3 is 9.47 Å². The van der Waals surface area contributed by atoms with Crippen molar-refractivity contribution in [2.75, 3.05) is 19.0 Å². The van der Waals surface area contributed by atoms with Gasteiger partial charge in [-0.3, -0.25) is 14.4 Å². The van der Waals surface area contributed by atoms with E-state index in [1.807, 2.05) is 190 Å². The van der Waals surface area contributed by atoms with Crippen LogP contribution in [-0.2, 0) is 30.6 Å². The molecule has 0 N–H and O–H groups in total. The molecule has 0 unspecified atom stereocenters. The number of carbonyl (C=O) groups is 3. The molecule has 2 saturated carbocycles. The fourth-order valence-corrected chi connectivity index (χ4v) is 12.6. The van der Waals surface area contributed by atoms with Gasteiger partial charge in [-0.15, -0.1) is 0 Å². The summed E-state index contributed by atoms with van der Waals surface area (Å²) in [5.74, 6) is 3.87. The SMILES string of the molecule is CC(=O)C(C)(C)C.CC(C)(C)C(=O)C1CCCCC1.CC(C)(C)C(=O)C1CCCCCC1.CC(C)(C)C/C=C/c1ccccc1.CC(C)(C)CCCOc1ccccc1.CC(C)(C)CCCc1ccccc1.CC(C)(C)CCOc1ccccc1.CC(C)(C)S(=O)(=O)CC(c1ccccc1)c1ccccc1. The van der Waals surface area contributed by atoms with Crippen LogP contribution < -0.4 is 9.47 Å². The molecule has 0 atom stereocenters. The summed E-state index contributed by atoms with van der Waals surface area (Å²) in [7, 11) is -3.19. The van der Waals surface area contributed by atoms with Crippen LogP contribution in [0.5, 0.6) is 11.5 Å². The van der Waals surface area contributed by atoms with E-state index in [0.29, 0.717) is 45.1 Å². The Morgan fingerprint density at radius 3 is 1.05 bits per heavy atom. The number of benzene rings is 6. The van der Waals surface area contributed by atoms with E-state index in [9.17, 15) is 22.8 Å². The third kappa shape index (κ3) is 49.5. The molecule has 0 heterocycles. The summed E-state index contributed by atoms with van der Waals surface area (Å²) < 4.78 is 35.7. The molecule has 2 aliphatic rings. The standard InChI is InChI=1S/C18H22O2S.C13H20O.C13H20.C13H18.C12H18O.C12H22O.C11H20O.C6H12O/c1-18(2,3)21(19,20)14-17(15-10-6-4-7-11-15)16-12-8-5-9-13-16;1-13(2,3)10-7-11-14-12-8-5-4-6-9-12;2*1-13(2,3)11-7-10-12-8-5-4-6-9-12;1-12(2,3)9-10-13-11-7-5-4-6-8-11;1-12(2,3)11(13)10-8-6-4-5-7-9-10;1-11(2,3)10(12)9-7-5-4-6-8-9;1-5(7)6(2,3)4/h4-13,17H,14H2,1-3H3;4-6,8-9H,7,10-11H2,1-3H3;4-6,8-9H,7,10-11H2,1-3H3;4-10H,11H2,1-3H3;4-8H,9-10H2,1-3H3;10H,4-9H2,1-3H3;9H,4-8H2,1-3H3;1-4H3/b;;;10-7+;;;;. The zero-order valence-electron chi connectivity index (χ0n) is 71.8. The summed E-state index contributed by atoms with van der Waals surface area (Å²) in [5, 5.41) is 0. The fraction of sp³-hybridized carbons (Fsp3) is 0.582. The highest BCUT2D eigenvalue weighted by atomic mass is 32.2. The molecule has 0 aromatic heterocycles. The number of sulfone groups is 1. The number of para-hydroxylation sites is 2. The lowest BCUT2D eigenvalue weighted by atomic mass is 9.76. The highest BCUT2D eigenvalue weighted by molar-refractivity contribution is 7.92. The maximum absolute atomic E-state index is 12.6. The molecule has 0 bridgehead atoms. The van der Waals surface area contributed by atoms with Gasteiger partial charge in [0.2, 0.25) is 0 Å². The van der Waals surface area contributed by atoms with Gasteiger partial charge in [-0.25, -0.2) is 8.42 Å². The third-order valence-corrected chi connectivity index (χ3v) is 21.1. The van der Waals surface area contributed by atoms with E-state index in [-0.39, 0.29) is 33.7 Å². The van der Waals surface area contributed by atoms with Gasteiger partial charge in [-0.2, -0.15) is 0 Å². The number of hydrogen-bond donors (Lipinski definition) is 0. The van der Waals surface area contributed by atoms with Gasteiger partial charge in [-0.1, -0.05) is 360 Å². The summed E-state index contributed by atoms with van der Waals surface area (Å²) >= 11 is 0. The average Bonchev–Trinajstić information content (AvgIpc) is 0.813. The van der Waals surface area contributed by atoms with Gasteiger partial charge in [-0.05, 0) is 167 Å².